The zero-order valence-electron chi connectivity index (χ0n) is 12.8. The molecule has 5 heteroatoms. The SMILES string of the molecule is COc1ccc2[nH]c(C(=O)Nc3ccc(C#N)cc3)c(C)c2c1. The van der Waals surface area contributed by atoms with E-state index in [-0.39, 0.29) is 5.91 Å². The first-order valence-corrected chi connectivity index (χ1v) is 7.10. The van der Waals surface area contributed by atoms with E-state index in [0.29, 0.717) is 16.9 Å². The fraction of sp³-hybridized carbons (Fsp3) is 0.111. The Morgan fingerprint density at radius 1 is 1.22 bits per heavy atom. The summed E-state index contributed by atoms with van der Waals surface area (Å²) in [6, 6.07) is 14.4. The number of carbonyl (C=O) groups excluding carboxylic acids is 1. The maximum atomic E-state index is 12.5. The van der Waals surface area contributed by atoms with Gasteiger partial charge in [0.05, 0.1) is 18.7 Å². The largest absolute Gasteiger partial charge is 0.497 e. The number of nitriles is 1. The molecule has 0 fully saturated rings. The van der Waals surface area contributed by atoms with Crippen molar-refractivity contribution in [2.45, 2.75) is 6.92 Å². The van der Waals surface area contributed by atoms with E-state index in [1.54, 1.807) is 31.4 Å². The second-order valence-electron chi connectivity index (χ2n) is 5.18. The van der Waals surface area contributed by atoms with Crippen LogP contribution in [0, 0.1) is 18.3 Å². The van der Waals surface area contributed by atoms with Crippen LogP contribution in [-0.2, 0) is 0 Å². The molecule has 0 saturated heterocycles. The van der Waals surface area contributed by atoms with Crippen LogP contribution >= 0.6 is 0 Å². The smallest absolute Gasteiger partial charge is 0.272 e. The van der Waals surface area contributed by atoms with Gasteiger partial charge in [-0.05, 0) is 55.0 Å². The molecule has 0 aliphatic heterocycles. The molecule has 0 bridgehead atoms. The third-order valence-corrected chi connectivity index (χ3v) is 3.76. The van der Waals surface area contributed by atoms with Crippen LogP contribution in [0.25, 0.3) is 10.9 Å². The Hall–Kier alpha value is -3.26. The van der Waals surface area contributed by atoms with Gasteiger partial charge in [0.1, 0.15) is 11.4 Å². The Labute approximate surface area is 133 Å². The lowest BCUT2D eigenvalue weighted by molar-refractivity contribution is 0.102. The molecule has 0 saturated carbocycles. The van der Waals surface area contributed by atoms with Crippen LogP contribution in [0.1, 0.15) is 21.6 Å². The maximum Gasteiger partial charge on any atom is 0.272 e. The number of benzene rings is 2. The van der Waals surface area contributed by atoms with Crippen LogP contribution < -0.4 is 10.1 Å². The lowest BCUT2D eigenvalue weighted by Crippen LogP contribution is -2.13. The minimum atomic E-state index is -0.220. The molecule has 3 rings (SSSR count). The molecule has 5 nitrogen and oxygen atoms in total. The first-order valence-electron chi connectivity index (χ1n) is 7.10. The van der Waals surface area contributed by atoms with Crippen molar-refractivity contribution < 1.29 is 9.53 Å². The van der Waals surface area contributed by atoms with E-state index < -0.39 is 0 Å². The van der Waals surface area contributed by atoms with Gasteiger partial charge in [-0.2, -0.15) is 5.26 Å². The number of methoxy groups -OCH3 is 1. The Balaban J connectivity index is 1.91. The van der Waals surface area contributed by atoms with E-state index in [0.717, 1.165) is 22.2 Å². The van der Waals surface area contributed by atoms with Crippen LogP contribution in [0.2, 0.25) is 0 Å². The van der Waals surface area contributed by atoms with Crippen LogP contribution in [0.5, 0.6) is 5.75 Å². The van der Waals surface area contributed by atoms with E-state index in [1.807, 2.05) is 31.2 Å². The first-order chi connectivity index (χ1) is 11.1. The second kappa shape index (κ2) is 5.85. The van der Waals surface area contributed by atoms with Gasteiger partial charge in [0.15, 0.2) is 0 Å². The monoisotopic (exact) mass is 305 g/mol. The average Bonchev–Trinajstić information content (AvgIpc) is 2.92. The summed E-state index contributed by atoms with van der Waals surface area (Å²) in [5.41, 5.74) is 3.46. The van der Waals surface area contributed by atoms with E-state index in [2.05, 4.69) is 10.3 Å². The molecule has 0 unspecified atom stereocenters. The van der Waals surface area contributed by atoms with Gasteiger partial charge in [0, 0.05) is 16.6 Å². The van der Waals surface area contributed by atoms with E-state index in [4.69, 9.17) is 10.00 Å². The zero-order valence-corrected chi connectivity index (χ0v) is 12.8. The number of H-pyrrole nitrogens is 1. The van der Waals surface area contributed by atoms with Crippen molar-refractivity contribution in [3.8, 4) is 11.8 Å². The number of nitrogens with zero attached hydrogens (tertiary/aromatic N) is 1. The number of hydrogen-bond acceptors (Lipinski definition) is 3. The summed E-state index contributed by atoms with van der Waals surface area (Å²) in [4.78, 5) is 15.6. The van der Waals surface area contributed by atoms with Gasteiger partial charge < -0.3 is 15.0 Å². The number of amides is 1. The number of ether oxygens (including phenoxy) is 1. The molecule has 1 amide bonds. The Bertz CT molecular complexity index is 918. The highest BCUT2D eigenvalue weighted by molar-refractivity contribution is 6.08. The highest BCUT2D eigenvalue weighted by Gasteiger charge is 2.15. The highest BCUT2D eigenvalue weighted by atomic mass is 16.5. The molecule has 2 N–H and O–H groups in total. The molecule has 2 aromatic carbocycles. The lowest BCUT2D eigenvalue weighted by atomic mass is 10.1. The standard InChI is InChI=1S/C18H15N3O2/c1-11-15-9-14(23-2)7-8-16(15)21-17(11)18(22)20-13-5-3-12(10-19)4-6-13/h3-9,21H,1-2H3,(H,20,22). The molecule has 3 aromatic rings. The number of aromatic amines is 1. The molecule has 0 radical (unpaired) electrons. The number of rotatable bonds is 3. The number of hydrogen-bond donors (Lipinski definition) is 2. The summed E-state index contributed by atoms with van der Waals surface area (Å²) in [5.74, 6) is 0.529. The summed E-state index contributed by atoms with van der Waals surface area (Å²) in [5, 5.41) is 12.6. The van der Waals surface area contributed by atoms with Gasteiger partial charge in [0.25, 0.3) is 5.91 Å². The van der Waals surface area contributed by atoms with E-state index in [9.17, 15) is 4.79 Å². The number of aryl methyl sites for hydroxylation is 1. The molecule has 0 aliphatic rings. The van der Waals surface area contributed by atoms with Gasteiger partial charge >= 0.3 is 0 Å². The molecular weight excluding hydrogens is 290 g/mol. The number of aromatic nitrogens is 1. The van der Waals surface area contributed by atoms with Gasteiger partial charge in [-0.1, -0.05) is 0 Å². The lowest BCUT2D eigenvalue weighted by Gasteiger charge is -2.04. The predicted molar refractivity (Wildman–Crippen MR) is 88.7 cm³/mol. The van der Waals surface area contributed by atoms with Gasteiger partial charge in [-0.15, -0.1) is 0 Å². The summed E-state index contributed by atoms with van der Waals surface area (Å²) < 4.78 is 5.22. The second-order valence-corrected chi connectivity index (χ2v) is 5.18. The van der Waals surface area contributed by atoms with Crippen molar-refractivity contribution in [2.24, 2.45) is 0 Å². The van der Waals surface area contributed by atoms with Crippen LogP contribution in [0.3, 0.4) is 0 Å². The summed E-state index contributed by atoms with van der Waals surface area (Å²) in [7, 11) is 1.61. The number of fused-ring (bicyclic) bond motifs is 1. The van der Waals surface area contributed by atoms with Crippen molar-refractivity contribution in [1.29, 1.82) is 5.26 Å². The fourth-order valence-electron chi connectivity index (χ4n) is 2.48. The topological polar surface area (TPSA) is 77.9 Å². The quantitative estimate of drug-likeness (QED) is 0.776. The molecule has 0 atom stereocenters. The van der Waals surface area contributed by atoms with Gasteiger partial charge in [-0.3, -0.25) is 4.79 Å². The van der Waals surface area contributed by atoms with E-state index in [1.165, 1.54) is 0 Å². The van der Waals surface area contributed by atoms with Crippen molar-refractivity contribution in [2.75, 3.05) is 12.4 Å². The highest BCUT2D eigenvalue weighted by Crippen LogP contribution is 2.26. The summed E-state index contributed by atoms with van der Waals surface area (Å²) in [6.07, 6.45) is 0. The third-order valence-electron chi connectivity index (χ3n) is 3.76. The van der Waals surface area contributed by atoms with Gasteiger partial charge in [0.2, 0.25) is 0 Å². The van der Waals surface area contributed by atoms with Crippen LogP contribution in [0.4, 0.5) is 5.69 Å². The normalized spacial score (nSPS) is 10.3. The number of anilines is 1. The number of carbonyl (C=O) groups is 1. The van der Waals surface area contributed by atoms with Crippen molar-refractivity contribution in [1.82, 2.24) is 4.98 Å². The van der Waals surface area contributed by atoms with Crippen LogP contribution in [0.15, 0.2) is 42.5 Å². The Kier molecular flexibility index (Phi) is 3.73. The minimum absolute atomic E-state index is 0.220. The maximum absolute atomic E-state index is 12.5. The molecule has 23 heavy (non-hydrogen) atoms. The fourth-order valence-corrected chi connectivity index (χ4v) is 2.48. The van der Waals surface area contributed by atoms with Gasteiger partial charge in [-0.25, -0.2) is 0 Å². The first kappa shape index (κ1) is 14.7. The average molecular weight is 305 g/mol. The minimum Gasteiger partial charge on any atom is -0.497 e. The predicted octanol–water partition coefficient (Wildman–Crippen LogP) is 3.61. The van der Waals surface area contributed by atoms with Crippen molar-refractivity contribution in [3.63, 3.8) is 0 Å². The third kappa shape index (κ3) is 2.74. The van der Waals surface area contributed by atoms with Crippen LogP contribution in [-0.4, -0.2) is 18.0 Å². The number of nitrogens with one attached hydrogen (secondary N) is 2. The Morgan fingerprint density at radius 3 is 2.61 bits per heavy atom. The zero-order chi connectivity index (χ0) is 16.4. The summed E-state index contributed by atoms with van der Waals surface area (Å²) >= 11 is 0. The molecule has 114 valence electrons. The molecule has 1 aromatic heterocycles. The van der Waals surface area contributed by atoms with Crippen molar-refractivity contribution >= 4 is 22.5 Å². The molecular formula is C18H15N3O2. The molecule has 0 aliphatic carbocycles. The van der Waals surface area contributed by atoms with Crippen molar-refractivity contribution in [3.05, 3.63) is 59.3 Å². The molecule has 0 spiro atoms. The molecule has 1 heterocycles. The van der Waals surface area contributed by atoms with E-state index >= 15 is 0 Å². The Morgan fingerprint density at radius 2 is 1.96 bits per heavy atom. The summed E-state index contributed by atoms with van der Waals surface area (Å²) in [6.45, 7) is 1.89.